The number of aromatic amines is 1. The summed E-state index contributed by atoms with van der Waals surface area (Å²) < 4.78 is 0. The zero-order valence-electron chi connectivity index (χ0n) is 13.7. The summed E-state index contributed by atoms with van der Waals surface area (Å²) in [6.45, 7) is 0.416. The van der Waals surface area contributed by atoms with E-state index in [1.54, 1.807) is 23.8 Å². The van der Waals surface area contributed by atoms with Crippen LogP contribution in [0.4, 0.5) is 0 Å². The molecule has 25 heavy (non-hydrogen) atoms. The predicted octanol–water partition coefficient (Wildman–Crippen LogP) is 2.52. The Bertz CT molecular complexity index is 872. The van der Waals surface area contributed by atoms with Crippen LogP contribution in [0.1, 0.15) is 46.7 Å². The molecule has 0 aromatic carbocycles. The lowest BCUT2D eigenvalue weighted by atomic mass is 10.1. The van der Waals surface area contributed by atoms with Crippen molar-refractivity contribution in [3.05, 3.63) is 46.5 Å². The average molecular weight is 354 g/mol. The molecule has 4 rings (SSSR count). The van der Waals surface area contributed by atoms with Crippen molar-refractivity contribution in [3.8, 4) is 10.8 Å². The van der Waals surface area contributed by atoms with Gasteiger partial charge in [0.15, 0.2) is 10.8 Å². The number of nitrogens with one attached hydrogen (secondary N) is 2. The molecular weight excluding hydrogens is 336 g/mol. The van der Waals surface area contributed by atoms with Crippen molar-refractivity contribution in [2.24, 2.45) is 0 Å². The first-order valence-corrected chi connectivity index (χ1v) is 9.25. The Hall–Kier alpha value is -2.61. The maximum Gasteiger partial charge on any atom is 0.271 e. The van der Waals surface area contributed by atoms with E-state index in [4.69, 9.17) is 0 Å². The number of nitrogens with zero attached hydrogens (tertiary/aromatic N) is 4. The number of hydrogen-bond acceptors (Lipinski definition) is 6. The number of aryl methyl sites for hydroxylation is 1. The van der Waals surface area contributed by atoms with Gasteiger partial charge < -0.3 is 5.32 Å². The van der Waals surface area contributed by atoms with Gasteiger partial charge in [-0.1, -0.05) is 6.42 Å². The van der Waals surface area contributed by atoms with Gasteiger partial charge in [-0.3, -0.25) is 9.89 Å². The molecule has 1 aliphatic carbocycles. The third-order valence-electron chi connectivity index (χ3n) is 4.30. The van der Waals surface area contributed by atoms with Gasteiger partial charge in [0.1, 0.15) is 5.69 Å². The fourth-order valence-electron chi connectivity index (χ4n) is 3.02. The highest BCUT2D eigenvalue weighted by Gasteiger charge is 2.17. The zero-order valence-corrected chi connectivity index (χ0v) is 14.5. The van der Waals surface area contributed by atoms with Crippen LogP contribution >= 0.6 is 11.3 Å². The Kier molecular flexibility index (Phi) is 4.51. The van der Waals surface area contributed by atoms with E-state index >= 15 is 0 Å². The molecule has 3 heterocycles. The molecule has 1 aliphatic rings. The van der Waals surface area contributed by atoms with Gasteiger partial charge in [0.25, 0.3) is 5.91 Å². The van der Waals surface area contributed by atoms with E-state index in [1.807, 2.05) is 0 Å². The van der Waals surface area contributed by atoms with Gasteiger partial charge in [-0.05, 0) is 37.3 Å². The minimum atomic E-state index is -0.205. The maximum atomic E-state index is 12.4. The van der Waals surface area contributed by atoms with E-state index in [0.29, 0.717) is 23.1 Å². The number of carbonyl (C=O) groups is 1. The topological polar surface area (TPSA) is 96.5 Å². The minimum Gasteiger partial charge on any atom is -0.345 e. The summed E-state index contributed by atoms with van der Waals surface area (Å²) in [6.07, 6.45) is 9.02. The van der Waals surface area contributed by atoms with E-state index in [1.165, 1.54) is 41.9 Å². The number of thiazole rings is 1. The summed E-state index contributed by atoms with van der Waals surface area (Å²) in [7, 11) is 0. The van der Waals surface area contributed by atoms with Crippen molar-refractivity contribution < 1.29 is 4.79 Å². The van der Waals surface area contributed by atoms with Crippen molar-refractivity contribution in [1.29, 1.82) is 0 Å². The Morgan fingerprint density at radius 1 is 1.20 bits per heavy atom. The summed E-state index contributed by atoms with van der Waals surface area (Å²) in [5.41, 5.74) is 3.81. The van der Waals surface area contributed by atoms with E-state index in [9.17, 15) is 4.79 Å². The van der Waals surface area contributed by atoms with Gasteiger partial charge in [0, 0.05) is 23.5 Å². The minimum absolute atomic E-state index is 0.205. The van der Waals surface area contributed by atoms with Crippen molar-refractivity contribution >= 4 is 17.2 Å². The molecule has 128 valence electrons. The number of carbonyl (C=O) groups excluding carboxylic acids is 1. The molecule has 0 aliphatic heterocycles. The molecule has 0 atom stereocenters. The summed E-state index contributed by atoms with van der Waals surface area (Å²) in [5.74, 6) is 0.327. The van der Waals surface area contributed by atoms with Crippen molar-refractivity contribution in [2.75, 3.05) is 0 Å². The summed E-state index contributed by atoms with van der Waals surface area (Å²) in [5, 5.41) is 12.8. The molecule has 2 N–H and O–H groups in total. The van der Waals surface area contributed by atoms with Crippen LogP contribution in [0.25, 0.3) is 10.8 Å². The Balaban J connectivity index is 1.43. The maximum absolute atomic E-state index is 12.4. The van der Waals surface area contributed by atoms with Crippen molar-refractivity contribution in [1.82, 2.24) is 30.5 Å². The monoisotopic (exact) mass is 354 g/mol. The molecule has 0 bridgehead atoms. The van der Waals surface area contributed by atoms with Gasteiger partial charge in [-0.25, -0.2) is 15.0 Å². The van der Waals surface area contributed by atoms with E-state index < -0.39 is 0 Å². The highest BCUT2D eigenvalue weighted by atomic mass is 32.1. The van der Waals surface area contributed by atoms with Gasteiger partial charge in [0.05, 0.1) is 12.2 Å². The highest BCUT2D eigenvalue weighted by molar-refractivity contribution is 7.13. The molecule has 8 heteroatoms. The second kappa shape index (κ2) is 7.10. The quantitative estimate of drug-likeness (QED) is 0.702. The van der Waals surface area contributed by atoms with Crippen LogP contribution in [-0.2, 0) is 19.4 Å². The van der Waals surface area contributed by atoms with Crippen LogP contribution in [0, 0.1) is 0 Å². The SMILES string of the molecule is O=C(NCc1n[nH]c2c1CCCCC2)c1csc(-c2ncccn2)n1. The lowest BCUT2D eigenvalue weighted by Crippen LogP contribution is -2.24. The first-order chi connectivity index (χ1) is 12.3. The smallest absolute Gasteiger partial charge is 0.271 e. The molecule has 7 nitrogen and oxygen atoms in total. The van der Waals surface area contributed by atoms with Gasteiger partial charge >= 0.3 is 0 Å². The molecule has 0 unspecified atom stereocenters. The molecule has 0 saturated carbocycles. The Morgan fingerprint density at radius 3 is 2.92 bits per heavy atom. The van der Waals surface area contributed by atoms with Crippen molar-refractivity contribution in [3.63, 3.8) is 0 Å². The number of H-pyrrole nitrogens is 1. The highest BCUT2D eigenvalue weighted by Crippen LogP contribution is 2.22. The van der Waals surface area contributed by atoms with Crippen LogP contribution in [-0.4, -0.2) is 31.1 Å². The lowest BCUT2D eigenvalue weighted by molar-refractivity contribution is 0.0946. The summed E-state index contributed by atoms with van der Waals surface area (Å²) in [4.78, 5) is 25.0. The zero-order chi connectivity index (χ0) is 17.1. The fourth-order valence-corrected chi connectivity index (χ4v) is 3.76. The average Bonchev–Trinajstić information content (AvgIpc) is 3.22. The Labute approximate surface area is 149 Å². The predicted molar refractivity (Wildman–Crippen MR) is 94.2 cm³/mol. The molecule has 1 amide bonds. The van der Waals surface area contributed by atoms with E-state index in [2.05, 4.69) is 30.5 Å². The molecule has 0 fully saturated rings. The number of amides is 1. The number of fused-ring (bicyclic) bond motifs is 1. The number of rotatable bonds is 4. The number of aromatic nitrogens is 5. The molecule has 0 radical (unpaired) electrons. The molecule has 0 spiro atoms. The normalized spacial score (nSPS) is 13.9. The molecule has 3 aromatic heterocycles. The first kappa shape index (κ1) is 15.9. The van der Waals surface area contributed by atoms with Crippen LogP contribution in [0.15, 0.2) is 23.8 Å². The van der Waals surface area contributed by atoms with Gasteiger partial charge in [-0.15, -0.1) is 11.3 Å². The van der Waals surface area contributed by atoms with Crippen molar-refractivity contribution in [2.45, 2.75) is 38.6 Å². The van der Waals surface area contributed by atoms with E-state index in [-0.39, 0.29) is 5.91 Å². The van der Waals surface area contributed by atoms with Gasteiger partial charge in [-0.2, -0.15) is 5.10 Å². The van der Waals surface area contributed by atoms with Crippen LogP contribution < -0.4 is 5.32 Å². The lowest BCUT2D eigenvalue weighted by Gasteiger charge is -2.04. The summed E-state index contributed by atoms with van der Waals surface area (Å²) >= 11 is 1.36. The molecular formula is C17H18N6OS. The van der Waals surface area contributed by atoms with Gasteiger partial charge in [0.2, 0.25) is 0 Å². The standard InChI is InChI=1S/C17H18N6OS/c24-16(14-10-25-17(21-14)15-18-7-4-8-19-15)20-9-13-11-5-2-1-3-6-12(11)22-23-13/h4,7-8,10H,1-3,5-6,9H2,(H,20,24)(H,22,23). The number of hydrogen-bond donors (Lipinski definition) is 2. The third kappa shape index (κ3) is 3.43. The fraction of sp³-hybridized carbons (Fsp3) is 0.353. The van der Waals surface area contributed by atoms with E-state index in [0.717, 1.165) is 18.5 Å². The largest absolute Gasteiger partial charge is 0.345 e. The van der Waals surface area contributed by atoms with Crippen LogP contribution in [0.3, 0.4) is 0 Å². The molecule has 3 aromatic rings. The van der Waals surface area contributed by atoms with Crippen LogP contribution in [0.2, 0.25) is 0 Å². The van der Waals surface area contributed by atoms with Crippen LogP contribution in [0.5, 0.6) is 0 Å². The Morgan fingerprint density at radius 2 is 2.04 bits per heavy atom. The second-order valence-electron chi connectivity index (χ2n) is 5.98. The molecule has 0 saturated heterocycles. The third-order valence-corrected chi connectivity index (χ3v) is 5.14. The summed E-state index contributed by atoms with van der Waals surface area (Å²) in [6, 6.07) is 1.75. The second-order valence-corrected chi connectivity index (χ2v) is 6.84. The first-order valence-electron chi connectivity index (χ1n) is 8.37.